The Bertz CT molecular complexity index is 8900. The molecule has 6 heterocycles. The van der Waals surface area contributed by atoms with Gasteiger partial charge in [0.1, 0.15) is 11.6 Å². The van der Waals surface area contributed by atoms with E-state index in [-0.39, 0.29) is 16.7 Å². The third-order valence-corrected chi connectivity index (χ3v) is 24.4. The first-order chi connectivity index (χ1) is 66.4. The fraction of sp³-hybridized carbons (Fsp3) is 0.0259. The van der Waals surface area contributed by atoms with Crippen LogP contribution >= 0.6 is 0 Å². The van der Waals surface area contributed by atoms with Crippen molar-refractivity contribution in [3.05, 3.63) is 426 Å². The molecule has 0 radical (unpaired) electrons. The fourth-order valence-electron chi connectivity index (χ4n) is 18.2. The van der Waals surface area contributed by atoms with E-state index in [2.05, 4.69) is 49.4 Å². The van der Waals surface area contributed by atoms with Gasteiger partial charge in [-0.05, 0) is 103 Å². The number of aromatic nitrogens is 9. The number of rotatable bonds is 11. The number of nitriles is 2. The molecule has 648 valence electrons. The molecule has 0 saturated heterocycles. The summed E-state index contributed by atoms with van der Waals surface area (Å²) in [6.07, 6.45) is 0. The lowest BCUT2D eigenvalue weighted by molar-refractivity contribution is 0.381. The Morgan fingerprint density at radius 2 is 0.471 bits per heavy atom. The van der Waals surface area contributed by atoms with Crippen LogP contribution in [-0.4, -0.2) is 44.9 Å². The van der Waals surface area contributed by atoms with Crippen molar-refractivity contribution < 1.29 is 39.5 Å². The maximum Gasteiger partial charge on any atom is 0.200 e. The Hall–Kier alpha value is -17.9. The first-order valence-corrected chi connectivity index (χ1v) is 43.3. The molecule has 0 aliphatic carbocycles. The van der Waals surface area contributed by atoms with Crippen molar-refractivity contribution in [2.24, 2.45) is 0 Å². The highest BCUT2D eigenvalue weighted by molar-refractivity contribution is 6.25. The van der Waals surface area contributed by atoms with Gasteiger partial charge in [-0.1, -0.05) is 291 Å². The van der Waals surface area contributed by atoms with Gasteiger partial charge in [-0.25, -0.2) is 84.4 Å². The Kier molecular flexibility index (Phi) is 21.9. The van der Waals surface area contributed by atoms with Gasteiger partial charge in [0.2, 0.25) is 5.82 Å². The standard InChI is InChI=1S/C41H22F4N4.C40H22F5N3.C35H22N4/c1-22-20-30-41(49-39(24-14-6-3-7-15-24)38(48-30)23-12-4-2-5-13-23)32-27-18-10-11-19-29(27)47-40(31(22)32)26-17-9-8-16-25(26)33-36(44)34(42)28(21-46)35(43)37(33)45;1-21-19-28-40(48-39(23-13-6-3-7-14-23)38(47-28)22-11-4-2-5-12-22)31-26-17-8-9-18-27(26)46-37(29(21)31)25-16-10-15-24(20-25)30-32(41)34(43)36(45)35(44)33(30)42;1-22-19-29-35(39-34(25-14-6-3-7-15-25)33(38-29)24-12-4-2-5-13-24)31-27-17-8-9-18-28(27)37-32(30(22)31)26-16-10-11-23(20-26)21-36/h2-20H,1H3;2-20H,1H3;2-20H,1H3. The number of para-hydroxylation sites is 3. The zero-order valence-electron chi connectivity index (χ0n) is 72.2. The normalized spacial score (nSPS) is 11.4. The van der Waals surface area contributed by atoms with Crippen molar-refractivity contribution in [1.82, 2.24) is 44.9 Å². The van der Waals surface area contributed by atoms with Gasteiger partial charge in [0.15, 0.2) is 46.5 Å². The molecule has 11 nitrogen and oxygen atoms in total. The van der Waals surface area contributed by atoms with Gasteiger partial charge < -0.3 is 0 Å². The zero-order valence-corrected chi connectivity index (χ0v) is 72.2. The molecule has 0 N–H and O–H groups in total. The average molecular weight is 1780 g/mol. The fourth-order valence-corrected chi connectivity index (χ4v) is 18.2. The first kappa shape index (κ1) is 84.9. The molecule has 6 aromatic heterocycles. The highest BCUT2D eigenvalue weighted by Crippen LogP contribution is 2.49. The van der Waals surface area contributed by atoms with Crippen LogP contribution in [0.25, 0.3) is 222 Å². The SMILES string of the molecule is Cc1cc2nc(-c3ccccc3)c(-c3ccccc3)nc2c2c1c(-c1cccc(-c3c(F)c(F)c(F)c(F)c3F)c1)nc1ccccc12.Cc1cc2nc(-c3ccccc3)c(-c3ccccc3)nc2c2c1c(-c1cccc(C#N)c1)nc1ccccc12.Cc1cc2nc(-c3ccccc3)c(-c3ccccc3)nc2c2c1c(-c1ccccc1-c1c(F)c(F)c(C#N)c(F)c1F)nc1ccccc12. The topological polar surface area (TPSA) is 164 Å². The molecule has 17 aromatic carbocycles. The smallest absolute Gasteiger partial charge is 0.200 e. The average Bonchev–Trinajstić information content (AvgIpc) is 0.715. The highest BCUT2D eigenvalue weighted by atomic mass is 19.2. The van der Waals surface area contributed by atoms with Crippen molar-refractivity contribution in [2.45, 2.75) is 20.8 Å². The first-order valence-electron chi connectivity index (χ1n) is 43.3. The number of fused-ring (bicyclic) bond motifs is 15. The summed E-state index contributed by atoms with van der Waals surface area (Å²) in [5.74, 6) is -16.9. The minimum Gasteiger partial charge on any atom is -0.247 e. The molecule has 0 fully saturated rings. The predicted octanol–water partition coefficient (Wildman–Crippen LogP) is 30.3. The van der Waals surface area contributed by atoms with E-state index in [1.165, 1.54) is 36.4 Å². The Labute approximate surface area is 770 Å². The summed E-state index contributed by atoms with van der Waals surface area (Å²) in [5, 5.41) is 26.3. The monoisotopic (exact) mass is 1780 g/mol. The number of aryl methyl sites for hydroxylation is 3. The van der Waals surface area contributed by atoms with Gasteiger partial charge in [-0.15, -0.1) is 0 Å². The van der Waals surface area contributed by atoms with Gasteiger partial charge in [0.05, 0.1) is 124 Å². The number of halogens is 9. The van der Waals surface area contributed by atoms with E-state index >= 15 is 8.78 Å². The molecule has 23 aromatic rings. The molecule has 23 rings (SSSR count). The number of hydrogen-bond donors (Lipinski definition) is 0. The van der Waals surface area contributed by atoms with Gasteiger partial charge >= 0.3 is 0 Å². The molecule has 20 heteroatoms. The largest absolute Gasteiger partial charge is 0.247 e. The van der Waals surface area contributed by atoms with Crippen molar-refractivity contribution >= 4 is 98.1 Å². The van der Waals surface area contributed by atoms with E-state index in [1.807, 2.05) is 275 Å². The van der Waals surface area contributed by atoms with Crippen LogP contribution in [-0.2, 0) is 0 Å². The maximum atomic E-state index is 15.5. The van der Waals surface area contributed by atoms with Crippen molar-refractivity contribution in [2.75, 3.05) is 0 Å². The molecule has 0 bridgehead atoms. The summed E-state index contributed by atoms with van der Waals surface area (Å²) in [4.78, 5) is 46.6. The predicted molar refractivity (Wildman–Crippen MR) is 520 cm³/mol. The summed E-state index contributed by atoms with van der Waals surface area (Å²) >= 11 is 0. The maximum absolute atomic E-state index is 15.5. The van der Waals surface area contributed by atoms with Crippen molar-refractivity contribution in [3.63, 3.8) is 0 Å². The van der Waals surface area contributed by atoms with E-state index in [0.717, 1.165) is 133 Å². The lowest BCUT2D eigenvalue weighted by atomic mass is 9.90. The van der Waals surface area contributed by atoms with E-state index in [0.29, 0.717) is 83.5 Å². The number of benzene rings is 17. The molecular weight excluding hydrogens is 1720 g/mol. The van der Waals surface area contributed by atoms with Crippen molar-refractivity contribution in [1.29, 1.82) is 10.5 Å². The molecule has 0 saturated carbocycles. The van der Waals surface area contributed by atoms with Crippen LogP contribution in [0.3, 0.4) is 0 Å². The zero-order chi connectivity index (χ0) is 93.3. The second-order valence-corrected chi connectivity index (χ2v) is 32.7. The minimum atomic E-state index is -2.21. The van der Waals surface area contributed by atoms with E-state index in [4.69, 9.17) is 50.1 Å². The lowest BCUT2D eigenvalue weighted by Crippen LogP contribution is -2.05. The van der Waals surface area contributed by atoms with Crippen LogP contribution in [0.2, 0.25) is 0 Å². The lowest BCUT2D eigenvalue weighted by Gasteiger charge is -2.18. The second kappa shape index (κ2) is 35.1. The van der Waals surface area contributed by atoms with Crippen LogP contribution in [0.4, 0.5) is 39.5 Å². The third kappa shape index (κ3) is 14.8. The number of nitrogens with zero attached hydrogens (tertiary/aromatic N) is 11. The highest BCUT2D eigenvalue weighted by Gasteiger charge is 2.33. The van der Waals surface area contributed by atoms with Crippen molar-refractivity contribution in [3.8, 4) is 136 Å². The van der Waals surface area contributed by atoms with Gasteiger partial charge in [0.25, 0.3) is 0 Å². The van der Waals surface area contributed by atoms with E-state index in [1.54, 1.807) is 18.2 Å². The van der Waals surface area contributed by atoms with E-state index in [9.17, 15) is 36.0 Å². The van der Waals surface area contributed by atoms with Crippen LogP contribution in [0, 0.1) is 95.8 Å². The second-order valence-electron chi connectivity index (χ2n) is 32.7. The summed E-state index contributed by atoms with van der Waals surface area (Å²) in [5.41, 5.74) is 19.2. The third-order valence-electron chi connectivity index (χ3n) is 24.4. The summed E-state index contributed by atoms with van der Waals surface area (Å²) in [7, 11) is 0. The summed E-state index contributed by atoms with van der Waals surface area (Å²) in [6.45, 7) is 5.91. The van der Waals surface area contributed by atoms with Gasteiger partial charge in [-0.3, -0.25) is 0 Å². The van der Waals surface area contributed by atoms with E-state index < -0.39 is 69.0 Å². The molecule has 136 heavy (non-hydrogen) atoms. The van der Waals surface area contributed by atoms with Crippen LogP contribution < -0.4 is 0 Å². The Morgan fingerprint density at radius 3 is 0.831 bits per heavy atom. The quantitative estimate of drug-likeness (QED) is 0.0524. The molecule has 0 amide bonds. The van der Waals surface area contributed by atoms with Gasteiger partial charge in [-0.2, -0.15) is 10.5 Å². The molecule has 0 atom stereocenters. The minimum absolute atomic E-state index is 0.126. The van der Waals surface area contributed by atoms with Crippen LogP contribution in [0.5, 0.6) is 0 Å². The Balaban J connectivity index is 0.000000123. The van der Waals surface area contributed by atoms with Gasteiger partial charge in [0, 0.05) is 98.5 Å². The number of pyridine rings is 3. The molecule has 0 unspecified atom stereocenters. The summed E-state index contributed by atoms with van der Waals surface area (Å²) in [6, 6.07) is 112. The Morgan fingerprint density at radius 1 is 0.199 bits per heavy atom. The summed E-state index contributed by atoms with van der Waals surface area (Å²) < 4.78 is 133. The van der Waals surface area contributed by atoms with Crippen LogP contribution in [0.1, 0.15) is 27.8 Å². The van der Waals surface area contributed by atoms with Crippen LogP contribution in [0.15, 0.2) is 346 Å². The molecular formula is C116H66F9N11. The molecule has 0 spiro atoms. The number of hydrogen-bond acceptors (Lipinski definition) is 11. The molecule has 0 aliphatic heterocycles. The molecule has 0 aliphatic rings.